The van der Waals surface area contributed by atoms with Gasteiger partial charge in [-0.3, -0.25) is 4.79 Å². The number of ether oxygens (including phenoxy) is 3. The van der Waals surface area contributed by atoms with Gasteiger partial charge in [0.25, 0.3) is 0 Å². The Balaban J connectivity index is 2.07. The Morgan fingerprint density at radius 2 is 1.79 bits per heavy atom. The molecule has 2 aliphatic rings. The van der Waals surface area contributed by atoms with Crippen molar-refractivity contribution in [2.45, 2.75) is 62.2 Å². The Hall–Kier alpha value is -0.890. The minimum absolute atomic E-state index is 0.260. The highest BCUT2D eigenvalue weighted by Crippen LogP contribution is 2.26. The second kappa shape index (κ2) is 7.99. The molecular formula is C13H23NO10. The van der Waals surface area contributed by atoms with Crippen LogP contribution in [0.15, 0.2) is 0 Å². The highest BCUT2D eigenvalue weighted by atomic mass is 16.7. The first-order valence-electron chi connectivity index (χ1n) is 7.47. The van der Waals surface area contributed by atoms with Crippen LogP contribution in [0.4, 0.5) is 0 Å². The van der Waals surface area contributed by atoms with Gasteiger partial charge in [-0.05, 0) is 0 Å². The highest BCUT2D eigenvalue weighted by Gasteiger charge is 2.48. The van der Waals surface area contributed by atoms with Gasteiger partial charge in [-0.15, -0.1) is 0 Å². The fraction of sp³-hybridized carbons (Fsp3) is 0.923. The number of aliphatic hydroxyl groups is 6. The van der Waals surface area contributed by atoms with Crippen LogP contribution in [0.25, 0.3) is 0 Å². The van der Waals surface area contributed by atoms with Crippen molar-refractivity contribution in [2.24, 2.45) is 0 Å². The molecule has 0 spiro atoms. The number of rotatable bonds is 4. The minimum Gasteiger partial charge on any atom is -0.394 e. The van der Waals surface area contributed by atoms with E-state index in [4.69, 9.17) is 19.3 Å². The lowest BCUT2D eigenvalue weighted by atomic mass is 9.98. The zero-order chi connectivity index (χ0) is 18.0. The van der Waals surface area contributed by atoms with E-state index in [1.54, 1.807) is 0 Å². The van der Waals surface area contributed by atoms with E-state index in [0.717, 1.165) is 0 Å². The van der Waals surface area contributed by atoms with Crippen LogP contribution < -0.4 is 5.32 Å². The molecule has 2 saturated heterocycles. The molecule has 2 fully saturated rings. The third kappa shape index (κ3) is 4.02. The first-order valence-corrected chi connectivity index (χ1v) is 7.47. The van der Waals surface area contributed by atoms with Crippen LogP contribution >= 0.6 is 0 Å². The van der Waals surface area contributed by atoms with Crippen LogP contribution in [-0.4, -0.2) is 105 Å². The van der Waals surface area contributed by atoms with Crippen molar-refractivity contribution < 1.29 is 49.6 Å². The quantitative estimate of drug-likeness (QED) is 0.260. The Bertz CT molecular complexity index is 435. The average Bonchev–Trinajstić information content (AvgIpc) is 2.53. The van der Waals surface area contributed by atoms with Crippen LogP contribution in [0.2, 0.25) is 0 Å². The van der Waals surface area contributed by atoms with Crippen molar-refractivity contribution in [2.75, 3.05) is 13.2 Å². The summed E-state index contributed by atoms with van der Waals surface area (Å²) >= 11 is 0. The van der Waals surface area contributed by atoms with Crippen LogP contribution in [0.3, 0.4) is 0 Å². The molecule has 2 heterocycles. The van der Waals surface area contributed by atoms with E-state index in [0.29, 0.717) is 0 Å². The fourth-order valence-electron chi connectivity index (χ4n) is 2.63. The number of nitrogens with one attached hydrogen (secondary N) is 1. The van der Waals surface area contributed by atoms with Crippen molar-refractivity contribution in [1.82, 2.24) is 5.32 Å². The van der Waals surface area contributed by atoms with Crippen molar-refractivity contribution in [3.63, 3.8) is 0 Å². The van der Waals surface area contributed by atoms with Crippen LogP contribution in [0.1, 0.15) is 6.92 Å². The summed E-state index contributed by atoms with van der Waals surface area (Å²) in [6, 6.07) is 0. The van der Waals surface area contributed by atoms with E-state index >= 15 is 0 Å². The summed E-state index contributed by atoms with van der Waals surface area (Å²) in [6.07, 6.45) is -12.8. The van der Waals surface area contributed by atoms with Crippen LogP contribution in [0.5, 0.6) is 0 Å². The normalized spacial score (nSPS) is 46.5. The summed E-state index contributed by atoms with van der Waals surface area (Å²) in [5.74, 6) is -0.470. The smallest absolute Gasteiger partial charge is 0.218 e. The zero-order valence-electron chi connectivity index (χ0n) is 12.9. The largest absolute Gasteiger partial charge is 0.394 e. The van der Waals surface area contributed by atoms with E-state index in [2.05, 4.69) is 5.32 Å². The monoisotopic (exact) mass is 353 g/mol. The van der Waals surface area contributed by atoms with E-state index < -0.39 is 67.8 Å². The Kier molecular flexibility index (Phi) is 6.47. The summed E-state index contributed by atoms with van der Waals surface area (Å²) in [5.41, 5.74) is 0. The molecule has 140 valence electrons. The number of carbonyl (C=O) groups excluding carboxylic acids is 1. The molecule has 0 radical (unpaired) electrons. The lowest BCUT2D eigenvalue weighted by Crippen LogP contribution is -2.64. The van der Waals surface area contributed by atoms with Gasteiger partial charge in [0.2, 0.25) is 5.91 Å². The van der Waals surface area contributed by atoms with E-state index in [9.17, 15) is 30.3 Å². The molecule has 7 N–H and O–H groups in total. The van der Waals surface area contributed by atoms with Gasteiger partial charge < -0.3 is 50.2 Å². The number of aliphatic hydroxyl groups excluding tert-OH is 6. The van der Waals surface area contributed by atoms with Crippen molar-refractivity contribution in [1.29, 1.82) is 0 Å². The van der Waals surface area contributed by atoms with Gasteiger partial charge in [0.05, 0.1) is 13.2 Å². The number of carbonyl (C=O) groups is 1. The van der Waals surface area contributed by atoms with Crippen molar-refractivity contribution in [3.8, 4) is 0 Å². The van der Waals surface area contributed by atoms with Gasteiger partial charge in [0.15, 0.2) is 12.5 Å². The standard InChI is InChI=1S/C13H23NO10/c1-4(16)14-12-10(21)11(5(17)3-22-12)24-13-9(20)8(19)7(18)6(2-15)23-13/h5-13,15,17-21H,2-3H2,1H3,(H,14,16)/t5-,6+,7-,8-,9+,10-,11+,12-,13-/m0/s1. The summed E-state index contributed by atoms with van der Waals surface area (Å²) in [7, 11) is 0. The average molecular weight is 353 g/mol. The number of hydrogen-bond acceptors (Lipinski definition) is 10. The molecule has 0 unspecified atom stereocenters. The van der Waals surface area contributed by atoms with Gasteiger partial charge in [-0.1, -0.05) is 0 Å². The third-order valence-corrected chi connectivity index (χ3v) is 3.96. The van der Waals surface area contributed by atoms with Gasteiger partial charge in [-0.25, -0.2) is 0 Å². The molecule has 11 nitrogen and oxygen atoms in total. The summed E-state index contributed by atoms with van der Waals surface area (Å²) in [6.45, 7) is 0.316. The van der Waals surface area contributed by atoms with Crippen molar-refractivity contribution >= 4 is 5.91 Å². The second-order valence-corrected chi connectivity index (χ2v) is 5.81. The van der Waals surface area contributed by atoms with Crippen LogP contribution in [0, 0.1) is 0 Å². The minimum atomic E-state index is -1.68. The Labute approximate surface area is 137 Å². The predicted molar refractivity (Wildman–Crippen MR) is 74.2 cm³/mol. The Morgan fingerprint density at radius 3 is 2.38 bits per heavy atom. The highest BCUT2D eigenvalue weighted by molar-refractivity contribution is 5.73. The first-order chi connectivity index (χ1) is 11.3. The number of amides is 1. The SMILES string of the molecule is CC(=O)N[C@H]1OC[C@H](O)[C@@H](O[C@@H]2O[C@H](CO)[C@H](O)[C@H](O)[C@H]2O)[C@@H]1O. The lowest BCUT2D eigenvalue weighted by molar-refractivity contribution is -0.335. The summed E-state index contributed by atoms with van der Waals surface area (Å²) in [5, 5.41) is 60.9. The van der Waals surface area contributed by atoms with E-state index in [1.807, 2.05) is 0 Å². The predicted octanol–water partition coefficient (Wildman–Crippen LogP) is -4.61. The third-order valence-electron chi connectivity index (χ3n) is 3.96. The number of hydrogen-bond donors (Lipinski definition) is 7. The molecule has 1 amide bonds. The van der Waals surface area contributed by atoms with Gasteiger partial charge in [0.1, 0.15) is 42.7 Å². The van der Waals surface area contributed by atoms with Gasteiger partial charge in [-0.2, -0.15) is 0 Å². The fourth-order valence-corrected chi connectivity index (χ4v) is 2.63. The summed E-state index contributed by atoms with van der Waals surface area (Å²) in [4.78, 5) is 11.1. The molecule has 2 rings (SSSR count). The molecule has 0 aliphatic carbocycles. The summed E-state index contributed by atoms with van der Waals surface area (Å²) < 4.78 is 15.6. The van der Waals surface area contributed by atoms with Gasteiger partial charge >= 0.3 is 0 Å². The molecular weight excluding hydrogens is 330 g/mol. The van der Waals surface area contributed by atoms with Gasteiger partial charge in [0, 0.05) is 6.92 Å². The molecule has 2 aliphatic heterocycles. The molecule has 0 aromatic carbocycles. The maximum atomic E-state index is 11.1. The Morgan fingerprint density at radius 1 is 1.12 bits per heavy atom. The van der Waals surface area contributed by atoms with E-state index in [-0.39, 0.29) is 6.61 Å². The molecule has 11 heteroatoms. The lowest BCUT2D eigenvalue weighted by Gasteiger charge is -2.44. The topological polar surface area (TPSA) is 178 Å². The molecule has 0 aromatic rings. The maximum absolute atomic E-state index is 11.1. The second-order valence-electron chi connectivity index (χ2n) is 5.81. The zero-order valence-corrected chi connectivity index (χ0v) is 12.9. The first kappa shape index (κ1) is 19.4. The molecule has 24 heavy (non-hydrogen) atoms. The van der Waals surface area contributed by atoms with E-state index in [1.165, 1.54) is 6.92 Å². The molecule has 0 bridgehead atoms. The molecule has 0 saturated carbocycles. The molecule has 9 atom stereocenters. The maximum Gasteiger partial charge on any atom is 0.218 e. The van der Waals surface area contributed by atoms with Crippen molar-refractivity contribution in [3.05, 3.63) is 0 Å². The molecule has 0 aromatic heterocycles. The van der Waals surface area contributed by atoms with Crippen LogP contribution in [-0.2, 0) is 19.0 Å².